The van der Waals surface area contributed by atoms with E-state index in [2.05, 4.69) is 48.2 Å². The van der Waals surface area contributed by atoms with Gasteiger partial charge in [-0.25, -0.2) is 4.98 Å². The molecule has 0 radical (unpaired) electrons. The second-order valence-corrected chi connectivity index (χ2v) is 25.4. The molecule has 20 atom stereocenters. The van der Waals surface area contributed by atoms with Gasteiger partial charge in [0, 0.05) is 53.1 Å². The molecule has 2 saturated heterocycles. The largest absolute Gasteiger partial charge is 0.481 e. The Bertz CT molecular complexity index is 2250. The minimum Gasteiger partial charge on any atom is -0.481 e. The van der Waals surface area contributed by atoms with Gasteiger partial charge < -0.3 is 61.3 Å². The van der Waals surface area contributed by atoms with Crippen LogP contribution in [0.15, 0.2) is 35.8 Å². The molecule has 3 heterocycles. The number of ether oxygens (including phenoxy) is 2. The number of H-pyrrole nitrogens is 1. The van der Waals surface area contributed by atoms with Crippen LogP contribution in [0.4, 0.5) is 0 Å². The van der Waals surface area contributed by atoms with E-state index in [0.29, 0.717) is 45.1 Å². The van der Waals surface area contributed by atoms with E-state index < -0.39 is 81.2 Å². The second kappa shape index (κ2) is 16.4. The quantitative estimate of drug-likeness (QED) is 0.109. The van der Waals surface area contributed by atoms with Gasteiger partial charge in [-0.3, -0.25) is 9.59 Å². The van der Waals surface area contributed by atoms with Gasteiger partial charge in [0.25, 0.3) is 0 Å². The van der Waals surface area contributed by atoms with Crippen molar-refractivity contribution in [3.63, 3.8) is 0 Å². The summed E-state index contributed by atoms with van der Waals surface area (Å²) < 4.78 is 12.8. The topological polar surface area (TPSA) is 261 Å². The van der Waals surface area contributed by atoms with Crippen LogP contribution in [0.3, 0.4) is 0 Å². The smallest absolute Gasteiger partial charge is 0.310 e. The summed E-state index contributed by atoms with van der Waals surface area (Å²) in [4.78, 5) is 36.6. The molecule has 3 spiro atoms. The summed E-state index contributed by atoms with van der Waals surface area (Å²) >= 11 is 0. The molecule has 15 nitrogen and oxygen atoms in total. The molecule has 0 aromatic carbocycles. The number of carbonyl (C=O) groups is 2. The van der Waals surface area contributed by atoms with Crippen LogP contribution in [0.25, 0.3) is 0 Å². The minimum atomic E-state index is -1.61. The van der Waals surface area contributed by atoms with Crippen LogP contribution < -0.4 is 11.1 Å². The molecule has 0 unspecified atom stereocenters. The van der Waals surface area contributed by atoms with E-state index in [9.17, 15) is 40.5 Å². The Kier molecular flexibility index (Phi) is 11.5. The molecule has 69 heavy (non-hydrogen) atoms. The van der Waals surface area contributed by atoms with Gasteiger partial charge in [-0.15, -0.1) is 0 Å². The predicted octanol–water partition coefficient (Wildman–Crippen LogP) is 4.46. The Morgan fingerprint density at radius 2 is 1.71 bits per heavy atom. The lowest BCUT2D eigenvalue weighted by Gasteiger charge is -2.82. The highest BCUT2D eigenvalue weighted by Crippen LogP contribution is 2.87. The lowest BCUT2D eigenvalue weighted by molar-refractivity contribution is -0.358. The number of nitrogens with one attached hydrogen (secondary N) is 2. The molecule has 8 fully saturated rings. The normalized spacial score (nSPS) is 50.9. The number of nitrogens with two attached hydrogens (primary N) is 1. The van der Waals surface area contributed by atoms with Crippen molar-refractivity contribution in [1.29, 1.82) is 0 Å². The van der Waals surface area contributed by atoms with Gasteiger partial charge in [-0.2, -0.15) is 0 Å². The first-order valence-electron chi connectivity index (χ1n) is 26.7. The Balaban J connectivity index is 1.14. The number of allylic oxidation sites excluding steroid dienone is 4. The summed E-state index contributed by atoms with van der Waals surface area (Å²) in [7, 11) is 0. The van der Waals surface area contributed by atoms with Crippen molar-refractivity contribution in [2.45, 2.75) is 179 Å². The number of amides is 1. The van der Waals surface area contributed by atoms with Gasteiger partial charge in [0.05, 0.1) is 42.6 Å². The van der Waals surface area contributed by atoms with Gasteiger partial charge in [-0.05, 0) is 136 Å². The van der Waals surface area contributed by atoms with Crippen molar-refractivity contribution in [1.82, 2.24) is 15.3 Å². The fourth-order valence-electron chi connectivity index (χ4n) is 20.1. The molecule has 6 saturated carbocycles. The first kappa shape index (κ1) is 48.5. The van der Waals surface area contributed by atoms with Crippen molar-refractivity contribution in [3.05, 3.63) is 41.5 Å². The third-order valence-electron chi connectivity index (χ3n) is 23.3. The number of fused-ring (bicyclic) bond motifs is 2. The van der Waals surface area contributed by atoms with Gasteiger partial charge >= 0.3 is 5.97 Å². The summed E-state index contributed by atoms with van der Waals surface area (Å²) in [5.41, 5.74) is 4.72. The summed E-state index contributed by atoms with van der Waals surface area (Å²) in [5, 5.41) is 84.4. The maximum Gasteiger partial charge on any atom is 0.310 e. The number of carboxylic acids is 1. The first-order chi connectivity index (χ1) is 32.8. The standard InChI is InChI=1S/C54H80N4O11/c1-47(26-59)17-18-51(46(66)67)19-20-53-15-9-29-22-31(37-39(58-45(65)52(37)12-5-6-13-52)30(8-7-21-55)34-24-56-28-57-34)38-41(63)43(69-44-42(64)40(62)35(61)25-68-44)48(2,27-60)36-11-14-49(53,3)54(29,50(36,38)4)16-10-32(53)33(51)23-47/h10,22,24,28,30-31,33,35-44,59-64H,5-9,11-21,23,25-27,55H2,1-4H3,(H,56,57)(H,58,65)(H,66,67)/t30-,31-,33+,35-,36-,37+,38+,39+,40+,41-,42-,43-,44+,47+,48+,49+,50-,51+,53-,54-/m1/s1. The number of nitrogens with zero attached hydrogens (tertiary/aromatic N) is 1. The summed E-state index contributed by atoms with van der Waals surface area (Å²) in [6, 6.07) is -0.323. The molecule has 1 aromatic rings. The highest BCUT2D eigenvalue weighted by atomic mass is 16.7. The monoisotopic (exact) mass is 961 g/mol. The molecule has 2 aliphatic heterocycles. The number of hydrogen-bond donors (Lipinski definition) is 10. The number of carbonyl (C=O) groups excluding carboxylic acids is 1. The molecule has 382 valence electrons. The highest BCUT2D eigenvalue weighted by molar-refractivity contribution is 5.86. The summed E-state index contributed by atoms with van der Waals surface area (Å²) in [6.45, 7) is 8.88. The van der Waals surface area contributed by atoms with Crippen molar-refractivity contribution in [2.24, 2.45) is 78.6 Å². The fraction of sp³-hybridized carbons (Fsp3) is 0.833. The zero-order valence-electron chi connectivity index (χ0n) is 41.2. The molecule has 2 bridgehead atoms. The molecule has 11 N–H and O–H groups in total. The Morgan fingerprint density at radius 1 is 0.957 bits per heavy atom. The van der Waals surface area contributed by atoms with Crippen LogP contribution in [0.1, 0.15) is 142 Å². The molecular formula is C54H80N4O11. The van der Waals surface area contributed by atoms with E-state index in [4.69, 9.17) is 15.2 Å². The number of aromatic amines is 1. The molecule has 8 aliphatic carbocycles. The third kappa shape index (κ3) is 6.02. The van der Waals surface area contributed by atoms with Gasteiger partial charge in [-0.1, -0.05) is 63.8 Å². The van der Waals surface area contributed by atoms with Gasteiger partial charge in [0.15, 0.2) is 6.29 Å². The van der Waals surface area contributed by atoms with E-state index in [-0.39, 0.29) is 72.2 Å². The van der Waals surface area contributed by atoms with Crippen LogP contribution in [0.2, 0.25) is 0 Å². The maximum atomic E-state index is 15.1. The van der Waals surface area contributed by atoms with Crippen LogP contribution in [-0.4, -0.2) is 127 Å². The minimum absolute atomic E-state index is 0.00812. The van der Waals surface area contributed by atoms with E-state index in [0.717, 1.165) is 69.9 Å². The number of aromatic nitrogens is 2. The summed E-state index contributed by atoms with van der Waals surface area (Å²) in [6.07, 6.45) is 12.0. The highest BCUT2D eigenvalue weighted by Gasteiger charge is 2.83. The van der Waals surface area contributed by atoms with E-state index in [1.54, 1.807) is 6.33 Å². The van der Waals surface area contributed by atoms with E-state index in [1.807, 2.05) is 13.1 Å². The lowest BCUT2D eigenvalue weighted by Crippen LogP contribution is -2.79. The van der Waals surface area contributed by atoms with Crippen LogP contribution in [0, 0.1) is 72.9 Å². The number of aliphatic hydroxyl groups excluding tert-OH is 6. The number of aliphatic carboxylic acids is 1. The predicted molar refractivity (Wildman–Crippen MR) is 252 cm³/mol. The second-order valence-electron chi connectivity index (χ2n) is 25.4. The first-order valence-corrected chi connectivity index (χ1v) is 26.7. The van der Waals surface area contributed by atoms with Gasteiger partial charge in [0.1, 0.15) is 18.3 Å². The Hall–Kier alpha value is -2.73. The zero-order valence-corrected chi connectivity index (χ0v) is 41.2. The van der Waals surface area contributed by atoms with Crippen LogP contribution in [0.5, 0.6) is 0 Å². The molecular weight excluding hydrogens is 881 g/mol. The average molecular weight is 961 g/mol. The maximum absolute atomic E-state index is 15.1. The number of carboxylic acid groups (broad SMARTS) is 1. The van der Waals surface area contributed by atoms with Crippen molar-refractivity contribution >= 4 is 11.9 Å². The fourth-order valence-corrected chi connectivity index (χ4v) is 20.1. The van der Waals surface area contributed by atoms with Crippen molar-refractivity contribution in [2.75, 3.05) is 26.4 Å². The van der Waals surface area contributed by atoms with Crippen LogP contribution in [-0.2, 0) is 19.1 Å². The summed E-state index contributed by atoms with van der Waals surface area (Å²) in [5.74, 6) is -2.39. The molecule has 1 aromatic heterocycles. The molecule has 11 rings (SSSR count). The molecule has 15 heteroatoms. The van der Waals surface area contributed by atoms with Crippen LogP contribution >= 0.6 is 0 Å². The average Bonchev–Trinajstić information content (AvgIpc) is 4.10. The molecule has 10 aliphatic rings. The van der Waals surface area contributed by atoms with Crippen molar-refractivity contribution < 1.29 is 54.8 Å². The number of hydrogen-bond acceptors (Lipinski definition) is 12. The SMILES string of the molecule is C[C@]1(CO)CC[C@]2(C(=O)O)CC[C@@]34CCC5=C[C@H]([C@H]6[C@H]([C@H](CCCN)c7cnc[nH]7)NC(=O)C67CCCC7)[C@H]6[C@@H](O)[C@@H](O[C@@H]7OC[C@@H](O)[C@H](O)[C@H]7O)[C@@](C)(CO)[C@H]7CC[C@]3(C)[C@]5(CC=C4[C@@H]2C1)[C@@]67C. The van der Waals surface area contributed by atoms with E-state index in [1.165, 1.54) is 11.1 Å². The van der Waals surface area contributed by atoms with Gasteiger partial charge in [0.2, 0.25) is 5.91 Å². The van der Waals surface area contributed by atoms with E-state index >= 15 is 4.79 Å². The number of rotatable bonds is 11. The third-order valence-corrected chi connectivity index (χ3v) is 23.3. The number of aliphatic hydroxyl groups is 6. The Labute approximate surface area is 406 Å². The zero-order chi connectivity index (χ0) is 48.9. The Morgan fingerprint density at radius 3 is 2.39 bits per heavy atom. The molecule has 1 amide bonds. The lowest BCUT2D eigenvalue weighted by atomic mass is 9.21. The van der Waals surface area contributed by atoms with Crippen molar-refractivity contribution in [3.8, 4) is 0 Å². The number of imidazole rings is 1.